The van der Waals surface area contributed by atoms with Gasteiger partial charge in [0.15, 0.2) is 0 Å². The Morgan fingerprint density at radius 2 is 2.07 bits per heavy atom. The van der Waals surface area contributed by atoms with Crippen molar-refractivity contribution in [3.63, 3.8) is 0 Å². The molecule has 0 amide bonds. The average molecular weight is 191 g/mol. The summed E-state index contributed by atoms with van der Waals surface area (Å²) in [4.78, 5) is 11.0. The Labute approximate surface area is 83.4 Å². The molecule has 0 saturated carbocycles. The number of anilines is 1. The second-order valence-corrected chi connectivity index (χ2v) is 2.81. The monoisotopic (exact) mass is 191 g/mol. The van der Waals surface area contributed by atoms with Crippen LogP contribution in [0.15, 0.2) is 42.5 Å². The van der Waals surface area contributed by atoms with Gasteiger partial charge in [-0.1, -0.05) is 24.8 Å². The van der Waals surface area contributed by atoms with Crippen molar-refractivity contribution in [2.45, 2.75) is 0 Å². The van der Waals surface area contributed by atoms with E-state index in [-0.39, 0.29) is 5.97 Å². The lowest BCUT2D eigenvalue weighted by molar-refractivity contribution is -0.136. The summed E-state index contributed by atoms with van der Waals surface area (Å²) in [7, 11) is 1.34. The smallest absolute Gasteiger partial charge is 0.334 e. The maximum absolute atomic E-state index is 11.0. The number of methoxy groups -OCH3 is 1. The van der Waals surface area contributed by atoms with Crippen LogP contribution in [0.25, 0.3) is 0 Å². The molecule has 0 bridgehead atoms. The van der Waals surface area contributed by atoms with Gasteiger partial charge < -0.3 is 10.1 Å². The largest absolute Gasteiger partial charge is 0.466 e. The van der Waals surface area contributed by atoms with Gasteiger partial charge in [-0.15, -0.1) is 0 Å². The molecule has 0 saturated heterocycles. The number of hydrogen-bond donors (Lipinski definition) is 1. The SMILES string of the molecule is C=C(CNc1ccccc1)C(=O)OC. The van der Waals surface area contributed by atoms with E-state index in [1.807, 2.05) is 30.3 Å². The molecule has 0 fully saturated rings. The van der Waals surface area contributed by atoms with E-state index in [9.17, 15) is 4.79 Å². The molecule has 0 spiro atoms. The number of esters is 1. The van der Waals surface area contributed by atoms with Crippen LogP contribution >= 0.6 is 0 Å². The molecule has 0 radical (unpaired) electrons. The number of rotatable bonds is 4. The maximum Gasteiger partial charge on any atom is 0.334 e. The normalized spacial score (nSPS) is 9.21. The predicted molar refractivity (Wildman–Crippen MR) is 56.1 cm³/mol. The number of benzene rings is 1. The summed E-state index contributed by atoms with van der Waals surface area (Å²) >= 11 is 0. The van der Waals surface area contributed by atoms with E-state index in [2.05, 4.69) is 16.6 Å². The average Bonchev–Trinajstić information content (AvgIpc) is 2.26. The van der Waals surface area contributed by atoms with Crippen molar-refractivity contribution in [1.82, 2.24) is 0 Å². The Morgan fingerprint density at radius 3 is 2.64 bits per heavy atom. The number of ether oxygens (including phenoxy) is 1. The van der Waals surface area contributed by atoms with Crippen LogP contribution in [0.2, 0.25) is 0 Å². The second kappa shape index (κ2) is 5.07. The zero-order chi connectivity index (χ0) is 10.4. The summed E-state index contributed by atoms with van der Waals surface area (Å²) in [6.45, 7) is 4.00. The third-order valence-corrected chi connectivity index (χ3v) is 1.75. The van der Waals surface area contributed by atoms with Crippen molar-refractivity contribution in [3.8, 4) is 0 Å². The van der Waals surface area contributed by atoms with Crippen LogP contribution in [0, 0.1) is 0 Å². The van der Waals surface area contributed by atoms with E-state index < -0.39 is 0 Å². The zero-order valence-electron chi connectivity index (χ0n) is 8.12. The van der Waals surface area contributed by atoms with E-state index in [4.69, 9.17) is 0 Å². The fraction of sp³-hybridized carbons (Fsp3) is 0.182. The van der Waals surface area contributed by atoms with E-state index in [0.29, 0.717) is 12.1 Å². The topological polar surface area (TPSA) is 38.3 Å². The second-order valence-electron chi connectivity index (χ2n) is 2.81. The van der Waals surface area contributed by atoms with Crippen molar-refractivity contribution in [3.05, 3.63) is 42.5 Å². The fourth-order valence-corrected chi connectivity index (χ4v) is 0.981. The Kier molecular flexibility index (Phi) is 3.73. The Hall–Kier alpha value is -1.77. The molecule has 0 aromatic heterocycles. The number of carbonyl (C=O) groups excluding carboxylic acids is 1. The van der Waals surface area contributed by atoms with Gasteiger partial charge in [-0.25, -0.2) is 4.79 Å². The van der Waals surface area contributed by atoms with E-state index in [1.165, 1.54) is 7.11 Å². The lowest BCUT2D eigenvalue weighted by Crippen LogP contribution is -2.13. The van der Waals surface area contributed by atoms with Gasteiger partial charge in [0.2, 0.25) is 0 Å². The van der Waals surface area contributed by atoms with Gasteiger partial charge in [0, 0.05) is 17.8 Å². The van der Waals surface area contributed by atoms with E-state index >= 15 is 0 Å². The molecule has 0 aliphatic heterocycles. The predicted octanol–water partition coefficient (Wildman–Crippen LogP) is 1.83. The van der Waals surface area contributed by atoms with Crippen molar-refractivity contribution in [2.24, 2.45) is 0 Å². The first-order valence-corrected chi connectivity index (χ1v) is 4.29. The maximum atomic E-state index is 11.0. The molecular formula is C11H13NO2. The van der Waals surface area contributed by atoms with Crippen molar-refractivity contribution in [2.75, 3.05) is 19.0 Å². The molecule has 1 N–H and O–H groups in total. The molecule has 3 nitrogen and oxygen atoms in total. The number of para-hydroxylation sites is 1. The molecule has 3 heteroatoms. The minimum Gasteiger partial charge on any atom is -0.466 e. The van der Waals surface area contributed by atoms with Gasteiger partial charge >= 0.3 is 5.97 Å². The first kappa shape index (κ1) is 10.3. The van der Waals surface area contributed by atoms with Crippen LogP contribution in [0.4, 0.5) is 5.69 Å². The Bertz CT molecular complexity index is 319. The number of carbonyl (C=O) groups is 1. The molecular weight excluding hydrogens is 178 g/mol. The number of nitrogens with one attached hydrogen (secondary N) is 1. The van der Waals surface area contributed by atoms with E-state index in [0.717, 1.165) is 5.69 Å². The third kappa shape index (κ3) is 2.94. The lowest BCUT2D eigenvalue weighted by atomic mass is 10.3. The van der Waals surface area contributed by atoms with Gasteiger partial charge in [-0.2, -0.15) is 0 Å². The van der Waals surface area contributed by atoms with Gasteiger partial charge in [-0.05, 0) is 12.1 Å². The minimum atomic E-state index is -0.381. The first-order valence-electron chi connectivity index (χ1n) is 4.29. The molecule has 0 heterocycles. The summed E-state index contributed by atoms with van der Waals surface area (Å²) in [5.74, 6) is -0.381. The highest BCUT2D eigenvalue weighted by Crippen LogP contribution is 2.05. The molecule has 0 aliphatic carbocycles. The molecule has 0 unspecified atom stereocenters. The molecule has 14 heavy (non-hydrogen) atoms. The van der Waals surface area contributed by atoms with Crippen LogP contribution in [0.3, 0.4) is 0 Å². The fourth-order valence-electron chi connectivity index (χ4n) is 0.981. The summed E-state index contributed by atoms with van der Waals surface area (Å²) in [5.41, 5.74) is 1.37. The van der Waals surface area contributed by atoms with Crippen molar-refractivity contribution >= 4 is 11.7 Å². The van der Waals surface area contributed by atoms with Crippen molar-refractivity contribution < 1.29 is 9.53 Å². The summed E-state index contributed by atoms with van der Waals surface area (Å²) < 4.78 is 4.52. The highest BCUT2D eigenvalue weighted by molar-refractivity contribution is 5.88. The molecule has 1 aromatic carbocycles. The molecule has 74 valence electrons. The number of hydrogen-bond acceptors (Lipinski definition) is 3. The first-order chi connectivity index (χ1) is 6.74. The molecule has 0 atom stereocenters. The van der Waals surface area contributed by atoms with Crippen molar-refractivity contribution in [1.29, 1.82) is 0 Å². The molecule has 1 aromatic rings. The Balaban J connectivity index is 2.42. The highest BCUT2D eigenvalue weighted by atomic mass is 16.5. The van der Waals surface area contributed by atoms with Crippen LogP contribution < -0.4 is 5.32 Å². The van der Waals surface area contributed by atoms with Crippen LogP contribution in [-0.4, -0.2) is 19.6 Å². The van der Waals surface area contributed by atoms with E-state index in [1.54, 1.807) is 0 Å². The quantitative estimate of drug-likeness (QED) is 0.583. The third-order valence-electron chi connectivity index (χ3n) is 1.75. The highest BCUT2D eigenvalue weighted by Gasteiger charge is 2.04. The van der Waals surface area contributed by atoms with Gasteiger partial charge in [0.25, 0.3) is 0 Å². The van der Waals surface area contributed by atoms with Crippen LogP contribution in [0.5, 0.6) is 0 Å². The van der Waals surface area contributed by atoms with Gasteiger partial charge in [-0.3, -0.25) is 0 Å². The summed E-state index contributed by atoms with van der Waals surface area (Å²) in [6, 6.07) is 9.61. The minimum absolute atomic E-state index is 0.381. The Morgan fingerprint density at radius 1 is 1.43 bits per heavy atom. The zero-order valence-corrected chi connectivity index (χ0v) is 8.12. The van der Waals surface area contributed by atoms with Crippen LogP contribution in [0.1, 0.15) is 0 Å². The van der Waals surface area contributed by atoms with Crippen LogP contribution in [-0.2, 0) is 9.53 Å². The summed E-state index contributed by atoms with van der Waals surface area (Å²) in [5, 5.41) is 3.06. The van der Waals surface area contributed by atoms with Gasteiger partial charge in [0.05, 0.1) is 7.11 Å². The molecule has 1 rings (SSSR count). The lowest BCUT2D eigenvalue weighted by Gasteiger charge is -2.06. The standard InChI is InChI=1S/C11H13NO2/c1-9(11(13)14-2)8-12-10-6-4-3-5-7-10/h3-7,12H,1,8H2,2H3. The van der Waals surface area contributed by atoms with Gasteiger partial charge in [0.1, 0.15) is 0 Å². The molecule has 0 aliphatic rings. The summed E-state index contributed by atoms with van der Waals surface area (Å²) in [6.07, 6.45) is 0.